The van der Waals surface area contributed by atoms with Crippen LogP contribution in [0.1, 0.15) is 0 Å². The molecule has 0 rings (SSSR count). The van der Waals surface area contributed by atoms with Crippen molar-refractivity contribution in [2.75, 3.05) is 13.2 Å². The lowest BCUT2D eigenvalue weighted by Crippen LogP contribution is -2.59. The number of hydrogen-bond acceptors (Lipinski definition) is 3. The van der Waals surface area contributed by atoms with Crippen LogP contribution in [0.5, 0.6) is 0 Å². The zero-order valence-corrected chi connectivity index (χ0v) is 10.2. The molecule has 1 atom stereocenters. The van der Waals surface area contributed by atoms with E-state index in [1.807, 2.05) is 4.72 Å². The fraction of sp³-hybridized carbons (Fsp3) is 1.00. The molecule has 0 saturated carbocycles. The molecule has 0 spiro atoms. The molecule has 0 heterocycles. The minimum Gasteiger partial charge on any atom is -0.760 e. The molecule has 2 N–H and O–H groups in total. The highest BCUT2D eigenvalue weighted by Crippen LogP contribution is 2.53. The van der Waals surface area contributed by atoms with Gasteiger partial charge in [-0.1, -0.05) is 0 Å². The molecule has 0 aliphatic heterocycles. The Labute approximate surface area is 112 Å². The first-order valence-electron chi connectivity index (χ1n) is 4.35. The number of alkyl halides is 10. The van der Waals surface area contributed by atoms with E-state index >= 15 is 0 Å². The van der Waals surface area contributed by atoms with Crippen LogP contribution < -0.4 is 4.72 Å². The third kappa shape index (κ3) is 6.31. The van der Waals surface area contributed by atoms with Gasteiger partial charge in [0, 0.05) is 17.8 Å². The van der Waals surface area contributed by atoms with Gasteiger partial charge in [0.2, 0.25) is 0 Å². The molecule has 0 radical (unpaired) electrons. The average Bonchev–Trinajstić information content (AvgIpc) is 2.23. The Hall–Kier alpha value is -0.670. The Kier molecular flexibility index (Phi) is 8.13. The van der Waals surface area contributed by atoms with E-state index in [9.17, 15) is 52.7 Å². The Balaban J connectivity index is 0. The molecule has 21 heavy (non-hydrogen) atoms. The van der Waals surface area contributed by atoms with Crippen LogP contribution in [0, 0.1) is 0 Å². The summed E-state index contributed by atoms with van der Waals surface area (Å²) in [6.45, 7) is -0.0654. The first-order valence-corrected chi connectivity index (χ1v) is 5.42. The monoisotopic (exact) mass is 362 g/mol. The average molecular weight is 362 g/mol. The second-order valence-electron chi connectivity index (χ2n) is 3.00. The van der Waals surface area contributed by atoms with Gasteiger partial charge in [-0.2, -0.15) is 43.9 Å². The summed E-state index contributed by atoms with van der Waals surface area (Å²) >= 11 is -2.23. The second kappa shape index (κ2) is 7.55. The molecule has 0 bridgehead atoms. The van der Waals surface area contributed by atoms with Gasteiger partial charge >= 0.3 is 24.2 Å². The summed E-state index contributed by atoms with van der Waals surface area (Å²) in [5.74, 6) is -14.3. The van der Waals surface area contributed by atoms with Crippen LogP contribution in [0.25, 0.3) is 0 Å². The Bertz CT molecular complexity index is 317. The molecule has 130 valence electrons. The largest absolute Gasteiger partial charge is 0.760 e. The van der Waals surface area contributed by atoms with Gasteiger partial charge in [-0.3, -0.25) is 4.21 Å². The van der Waals surface area contributed by atoms with Crippen LogP contribution in [-0.4, -0.2) is 51.2 Å². The normalized spacial score (nSPS) is 15.2. The van der Waals surface area contributed by atoms with E-state index < -0.39 is 35.5 Å². The number of halogens is 10. The first kappa shape index (κ1) is 22.6. The minimum atomic E-state index is -7.14. The van der Waals surface area contributed by atoms with E-state index in [1.165, 1.54) is 0 Å². The lowest BCUT2D eigenvalue weighted by atomic mass is 10.1. The van der Waals surface area contributed by atoms with E-state index in [0.717, 1.165) is 0 Å². The molecule has 0 aliphatic rings. The maximum absolute atomic E-state index is 11.6. The van der Waals surface area contributed by atoms with Gasteiger partial charge < -0.3 is 9.66 Å². The number of hydrogen-bond donors (Lipinski definition) is 2. The fourth-order valence-electron chi connectivity index (χ4n) is 0.485. The smallest absolute Gasteiger partial charge is 0.460 e. The Morgan fingerprint density at radius 3 is 1.24 bits per heavy atom. The third-order valence-corrected chi connectivity index (χ3v) is 1.88. The van der Waals surface area contributed by atoms with Crippen LogP contribution in [0.4, 0.5) is 43.9 Å². The number of aliphatic hydroxyl groups excluding tert-OH is 1. The summed E-state index contributed by atoms with van der Waals surface area (Å²) in [4.78, 5) is 0. The summed E-state index contributed by atoms with van der Waals surface area (Å²) in [5.41, 5.74) is 0. The maximum atomic E-state index is 11.6. The Morgan fingerprint density at radius 1 is 0.857 bits per heavy atom. The molecule has 0 saturated heterocycles. The van der Waals surface area contributed by atoms with Crippen LogP contribution in [-0.2, 0) is 11.3 Å². The molecular weight excluding hydrogens is 356 g/mol. The summed E-state index contributed by atoms with van der Waals surface area (Å²) in [5, 5.41) is 7.98. The highest BCUT2D eigenvalue weighted by molar-refractivity contribution is 7.77. The van der Waals surface area contributed by atoms with Crippen molar-refractivity contribution in [1.82, 2.24) is 4.72 Å². The van der Waals surface area contributed by atoms with Crippen LogP contribution in [0.3, 0.4) is 0 Å². The van der Waals surface area contributed by atoms with Crippen molar-refractivity contribution in [3.8, 4) is 0 Å². The van der Waals surface area contributed by atoms with E-state index in [4.69, 9.17) is 5.11 Å². The number of aliphatic hydroxyl groups is 1. The lowest BCUT2D eigenvalue weighted by Gasteiger charge is -2.29. The van der Waals surface area contributed by atoms with Gasteiger partial charge in [0.25, 0.3) is 0 Å². The zero-order valence-electron chi connectivity index (χ0n) is 9.37. The van der Waals surface area contributed by atoms with Crippen molar-refractivity contribution < 1.29 is 57.8 Å². The molecule has 15 heteroatoms. The summed E-state index contributed by atoms with van der Waals surface area (Å²) in [6, 6.07) is 0. The topological polar surface area (TPSA) is 72.4 Å². The zero-order chi connectivity index (χ0) is 17.7. The predicted molar refractivity (Wildman–Crippen MR) is 46.0 cm³/mol. The van der Waals surface area contributed by atoms with Crippen LogP contribution in [0.2, 0.25) is 0 Å². The molecule has 0 aromatic carbocycles. The highest BCUT2D eigenvalue weighted by atomic mass is 32.2. The predicted octanol–water partition coefficient (Wildman–Crippen LogP) is 1.74. The summed E-state index contributed by atoms with van der Waals surface area (Å²) in [6.07, 6.45) is -13.9. The minimum absolute atomic E-state index is 0.0934. The van der Waals surface area contributed by atoms with Crippen molar-refractivity contribution in [2.24, 2.45) is 0 Å². The molecular formula is C6H6F10NO3S-. The number of nitrogens with one attached hydrogen (secondary N) is 1. The third-order valence-electron chi connectivity index (χ3n) is 1.44. The van der Waals surface area contributed by atoms with E-state index in [1.54, 1.807) is 0 Å². The van der Waals surface area contributed by atoms with Gasteiger partial charge in [0.15, 0.2) is 0 Å². The van der Waals surface area contributed by atoms with Crippen molar-refractivity contribution in [3.05, 3.63) is 0 Å². The van der Waals surface area contributed by atoms with Crippen molar-refractivity contribution >= 4 is 11.3 Å². The van der Waals surface area contributed by atoms with E-state index in [0.29, 0.717) is 0 Å². The second-order valence-corrected chi connectivity index (χ2v) is 3.76. The van der Waals surface area contributed by atoms with Gasteiger partial charge in [0.05, 0.1) is 6.61 Å². The van der Waals surface area contributed by atoms with E-state index in [2.05, 4.69) is 0 Å². The summed E-state index contributed by atoms with van der Waals surface area (Å²) < 4.78 is 134. The maximum Gasteiger partial charge on any atom is 0.460 e. The standard InChI is InChI=1S/C4F10.C2H7NO3S/c5-1(6,3(9,10)11)2(7,8)4(12,13)14;4-2-1-3-7(5)6/h;3-4H,1-2H2,(H,5,6)/p-1. The van der Waals surface area contributed by atoms with E-state index in [-0.39, 0.29) is 13.2 Å². The van der Waals surface area contributed by atoms with Crippen LogP contribution >= 0.6 is 0 Å². The molecule has 1 unspecified atom stereocenters. The van der Waals surface area contributed by atoms with Crippen molar-refractivity contribution in [2.45, 2.75) is 24.2 Å². The first-order chi connectivity index (χ1) is 9.02. The Morgan fingerprint density at radius 2 is 1.14 bits per heavy atom. The van der Waals surface area contributed by atoms with Gasteiger partial charge in [0.1, 0.15) is 0 Å². The van der Waals surface area contributed by atoms with Gasteiger partial charge in [-0.15, -0.1) is 0 Å². The lowest BCUT2D eigenvalue weighted by molar-refractivity contribution is -0.419. The van der Waals surface area contributed by atoms with Crippen molar-refractivity contribution in [3.63, 3.8) is 0 Å². The quantitative estimate of drug-likeness (QED) is 0.591. The van der Waals surface area contributed by atoms with Crippen LogP contribution in [0.15, 0.2) is 0 Å². The van der Waals surface area contributed by atoms with Crippen molar-refractivity contribution in [1.29, 1.82) is 0 Å². The summed E-state index contributed by atoms with van der Waals surface area (Å²) in [7, 11) is 0. The highest BCUT2D eigenvalue weighted by Gasteiger charge is 2.82. The SMILES string of the molecule is FC(F)(F)C(F)(F)C(F)(F)C(F)(F)F.O=S([O-])NCCO. The molecule has 0 amide bonds. The fourth-order valence-corrected chi connectivity index (χ4v) is 0.743. The molecule has 4 nitrogen and oxygen atoms in total. The number of rotatable bonds is 4. The molecule has 0 aromatic heterocycles. The molecule has 0 fully saturated rings. The molecule has 0 aromatic rings. The molecule has 0 aliphatic carbocycles. The van der Waals surface area contributed by atoms with Gasteiger partial charge in [-0.05, 0) is 0 Å². The van der Waals surface area contributed by atoms with Gasteiger partial charge in [-0.25, -0.2) is 4.72 Å².